The summed E-state index contributed by atoms with van der Waals surface area (Å²) in [6, 6.07) is 18.9. The maximum absolute atomic E-state index is 12.0. The second-order valence-corrected chi connectivity index (χ2v) is 7.83. The molecule has 0 radical (unpaired) electrons. The van der Waals surface area contributed by atoms with E-state index in [1.54, 1.807) is 6.08 Å². The maximum Gasteiger partial charge on any atom is 0.217 e. The van der Waals surface area contributed by atoms with E-state index in [1.807, 2.05) is 60.7 Å². The van der Waals surface area contributed by atoms with E-state index in [0.29, 0.717) is 19.8 Å². The van der Waals surface area contributed by atoms with Gasteiger partial charge in [-0.3, -0.25) is 4.79 Å². The summed E-state index contributed by atoms with van der Waals surface area (Å²) in [6.07, 6.45) is -0.973. The van der Waals surface area contributed by atoms with Gasteiger partial charge in [0.25, 0.3) is 0 Å². The lowest BCUT2D eigenvalue weighted by molar-refractivity contribution is -0.349. The molecule has 7 nitrogen and oxygen atoms in total. The lowest BCUT2D eigenvalue weighted by Crippen LogP contribution is -2.67. The summed E-state index contributed by atoms with van der Waals surface area (Å²) in [5.41, 5.74) is 1.91. The van der Waals surface area contributed by atoms with Crippen molar-refractivity contribution < 1.29 is 28.5 Å². The standard InChI is InChI=1S/C25H29NO6/c1-3-14-28-23-21(26-17(2)27)25(29-15-18-10-6-4-7-11-18)31-20-16-30-24(32-22(20)23)19-12-8-5-9-13-19/h3-13,20-25H,1,14-16H2,2H3,(H,26,27)/t20-,21-,22-,23-,24?,25+/m1/s1. The maximum atomic E-state index is 12.0. The topological polar surface area (TPSA) is 75.3 Å². The molecule has 0 saturated carbocycles. The molecule has 2 heterocycles. The second kappa shape index (κ2) is 10.8. The first-order valence-electron chi connectivity index (χ1n) is 10.8. The fourth-order valence-corrected chi connectivity index (χ4v) is 4.01. The van der Waals surface area contributed by atoms with Crippen molar-refractivity contribution >= 4 is 5.91 Å². The van der Waals surface area contributed by atoms with Gasteiger partial charge in [0, 0.05) is 12.5 Å². The fourth-order valence-electron chi connectivity index (χ4n) is 4.01. The number of amides is 1. The average molecular weight is 440 g/mol. The van der Waals surface area contributed by atoms with E-state index in [-0.39, 0.29) is 5.91 Å². The average Bonchev–Trinajstić information content (AvgIpc) is 2.82. The Morgan fingerprint density at radius 1 is 1.09 bits per heavy atom. The zero-order valence-corrected chi connectivity index (χ0v) is 18.1. The van der Waals surface area contributed by atoms with E-state index in [9.17, 15) is 4.79 Å². The summed E-state index contributed by atoms with van der Waals surface area (Å²) in [7, 11) is 0. The van der Waals surface area contributed by atoms with E-state index in [0.717, 1.165) is 11.1 Å². The zero-order chi connectivity index (χ0) is 22.3. The SMILES string of the molecule is C=CCO[C@@H]1[C@@H](NC(C)=O)[C@@H](OCc2ccccc2)O[C@@H]2COC(c3ccccc3)O[C@@H]12. The van der Waals surface area contributed by atoms with Gasteiger partial charge in [0.05, 0.1) is 19.8 Å². The molecule has 1 N–H and O–H groups in total. The van der Waals surface area contributed by atoms with E-state index in [4.69, 9.17) is 23.7 Å². The van der Waals surface area contributed by atoms with Gasteiger partial charge in [0.2, 0.25) is 5.91 Å². The minimum Gasteiger partial charge on any atom is -0.369 e. The number of ether oxygens (including phenoxy) is 5. The number of carbonyl (C=O) groups excluding carboxylic acids is 1. The van der Waals surface area contributed by atoms with E-state index < -0.39 is 36.9 Å². The Balaban J connectivity index is 1.55. The molecule has 2 aromatic rings. The second-order valence-electron chi connectivity index (χ2n) is 7.83. The number of benzene rings is 2. The molecule has 0 spiro atoms. The monoisotopic (exact) mass is 439 g/mol. The van der Waals surface area contributed by atoms with Gasteiger partial charge in [-0.1, -0.05) is 66.7 Å². The van der Waals surface area contributed by atoms with E-state index in [1.165, 1.54) is 6.92 Å². The summed E-state index contributed by atoms with van der Waals surface area (Å²) in [5, 5.41) is 2.95. The van der Waals surface area contributed by atoms with Crippen LogP contribution in [0.4, 0.5) is 0 Å². The van der Waals surface area contributed by atoms with Crippen molar-refractivity contribution in [2.45, 2.75) is 50.5 Å². The third kappa shape index (κ3) is 5.43. The first-order valence-corrected chi connectivity index (χ1v) is 10.8. The number of carbonyl (C=O) groups is 1. The van der Waals surface area contributed by atoms with Crippen molar-refractivity contribution in [3.8, 4) is 0 Å². The van der Waals surface area contributed by atoms with Crippen LogP contribution >= 0.6 is 0 Å². The number of rotatable bonds is 8. The van der Waals surface area contributed by atoms with Crippen molar-refractivity contribution in [3.05, 3.63) is 84.4 Å². The molecule has 0 aromatic heterocycles. The molecule has 1 amide bonds. The summed E-state index contributed by atoms with van der Waals surface area (Å²) < 4.78 is 30.7. The Morgan fingerprint density at radius 3 is 2.50 bits per heavy atom. The molecule has 170 valence electrons. The third-order valence-electron chi connectivity index (χ3n) is 5.44. The molecule has 4 rings (SSSR count). The third-order valence-corrected chi connectivity index (χ3v) is 5.44. The van der Waals surface area contributed by atoms with Crippen LogP contribution in [-0.2, 0) is 35.1 Å². The summed E-state index contributed by atoms with van der Waals surface area (Å²) in [6.45, 7) is 6.16. The molecule has 0 bridgehead atoms. The van der Waals surface area contributed by atoms with Crippen molar-refractivity contribution in [3.63, 3.8) is 0 Å². The lowest BCUT2D eigenvalue weighted by atomic mass is 9.95. The first kappa shape index (κ1) is 22.6. The highest BCUT2D eigenvalue weighted by Gasteiger charge is 2.51. The smallest absolute Gasteiger partial charge is 0.217 e. The number of hydrogen-bond donors (Lipinski definition) is 1. The van der Waals surface area contributed by atoms with Gasteiger partial charge < -0.3 is 29.0 Å². The van der Waals surface area contributed by atoms with Crippen molar-refractivity contribution in [2.75, 3.05) is 13.2 Å². The Hall–Kier alpha value is -2.55. The highest BCUT2D eigenvalue weighted by molar-refractivity contribution is 5.73. The molecule has 2 fully saturated rings. The molecule has 2 aliphatic heterocycles. The Morgan fingerprint density at radius 2 is 1.81 bits per heavy atom. The van der Waals surface area contributed by atoms with Crippen LogP contribution in [0.3, 0.4) is 0 Å². The highest BCUT2D eigenvalue weighted by Crippen LogP contribution is 2.35. The van der Waals surface area contributed by atoms with Crippen molar-refractivity contribution in [2.24, 2.45) is 0 Å². The van der Waals surface area contributed by atoms with Crippen LogP contribution in [0.1, 0.15) is 24.3 Å². The van der Waals surface area contributed by atoms with Gasteiger partial charge in [-0.25, -0.2) is 0 Å². The van der Waals surface area contributed by atoms with Gasteiger partial charge in [-0.2, -0.15) is 0 Å². The Bertz CT molecular complexity index is 877. The Labute approximate surface area is 188 Å². The molecule has 32 heavy (non-hydrogen) atoms. The largest absolute Gasteiger partial charge is 0.369 e. The minimum atomic E-state index is -0.726. The molecule has 6 atom stereocenters. The predicted molar refractivity (Wildman–Crippen MR) is 117 cm³/mol. The quantitative estimate of drug-likeness (QED) is 0.637. The van der Waals surface area contributed by atoms with Gasteiger partial charge in [0.1, 0.15) is 24.4 Å². The van der Waals surface area contributed by atoms with Gasteiger partial charge >= 0.3 is 0 Å². The van der Waals surface area contributed by atoms with Gasteiger partial charge in [-0.15, -0.1) is 6.58 Å². The fraction of sp³-hybridized carbons (Fsp3) is 0.400. The van der Waals surface area contributed by atoms with Crippen LogP contribution in [0.15, 0.2) is 73.3 Å². The predicted octanol–water partition coefficient (Wildman–Crippen LogP) is 3.12. The van der Waals surface area contributed by atoms with Crippen LogP contribution in [0, 0.1) is 0 Å². The molecule has 0 aliphatic carbocycles. The van der Waals surface area contributed by atoms with Gasteiger partial charge in [-0.05, 0) is 5.56 Å². The molecule has 2 aliphatic rings. The molecule has 1 unspecified atom stereocenters. The van der Waals surface area contributed by atoms with Crippen LogP contribution in [-0.4, -0.2) is 49.8 Å². The Kier molecular flexibility index (Phi) is 7.68. The molecule has 2 saturated heterocycles. The van der Waals surface area contributed by atoms with Crippen LogP contribution in [0.2, 0.25) is 0 Å². The summed E-state index contributed by atoms with van der Waals surface area (Å²) in [4.78, 5) is 12.0. The molecular weight excluding hydrogens is 410 g/mol. The van der Waals surface area contributed by atoms with Crippen molar-refractivity contribution in [1.82, 2.24) is 5.32 Å². The molecular formula is C25H29NO6. The number of fused-ring (bicyclic) bond motifs is 1. The summed E-state index contributed by atoms with van der Waals surface area (Å²) in [5.74, 6) is -0.204. The number of hydrogen-bond acceptors (Lipinski definition) is 6. The van der Waals surface area contributed by atoms with Crippen LogP contribution in [0.25, 0.3) is 0 Å². The molecule has 7 heteroatoms. The summed E-state index contributed by atoms with van der Waals surface area (Å²) >= 11 is 0. The van der Waals surface area contributed by atoms with E-state index >= 15 is 0 Å². The zero-order valence-electron chi connectivity index (χ0n) is 18.1. The lowest BCUT2D eigenvalue weighted by Gasteiger charge is -2.49. The first-order chi connectivity index (χ1) is 15.7. The minimum absolute atomic E-state index is 0.204. The van der Waals surface area contributed by atoms with Crippen molar-refractivity contribution in [1.29, 1.82) is 0 Å². The van der Waals surface area contributed by atoms with Crippen LogP contribution in [0.5, 0.6) is 0 Å². The number of nitrogens with one attached hydrogen (secondary N) is 1. The van der Waals surface area contributed by atoms with Crippen LogP contribution < -0.4 is 5.32 Å². The molecule has 2 aromatic carbocycles. The van der Waals surface area contributed by atoms with E-state index in [2.05, 4.69) is 11.9 Å². The highest BCUT2D eigenvalue weighted by atomic mass is 16.7. The normalized spacial score (nSPS) is 29.7. The van der Waals surface area contributed by atoms with Gasteiger partial charge in [0.15, 0.2) is 12.6 Å².